The number of nitrogens with zero attached hydrogens (tertiary/aromatic N) is 1. The molecule has 0 unspecified atom stereocenters. The van der Waals surface area contributed by atoms with Crippen molar-refractivity contribution in [1.29, 1.82) is 0 Å². The normalized spacial score (nSPS) is 13.4. The Hall–Kier alpha value is -0.810. The SMILES string of the molecule is CCN(CCO)CCC[C@@H](C)NC(=O)OC(C)(C)C. The smallest absolute Gasteiger partial charge is 0.407 e. The Balaban J connectivity index is 3.80. The van der Waals surface area contributed by atoms with E-state index >= 15 is 0 Å². The van der Waals surface area contributed by atoms with E-state index < -0.39 is 5.60 Å². The Bertz CT molecular complexity index is 252. The van der Waals surface area contributed by atoms with E-state index in [1.807, 2.05) is 27.7 Å². The molecule has 0 saturated heterocycles. The fourth-order valence-electron chi connectivity index (χ4n) is 1.77. The van der Waals surface area contributed by atoms with Gasteiger partial charge in [-0.15, -0.1) is 0 Å². The molecule has 1 atom stereocenters. The van der Waals surface area contributed by atoms with Gasteiger partial charge < -0.3 is 20.1 Å². The van der Waals surface area contributed by atoms with Gasteiger partial charge in [0.2, 0.25) is 0 Å². The first kappa shape index (κ1) is 18.2. The summed E-state index contributed by atoms with van der Waals surface area (Å²) >= 11 is 0. The summed E-state index contributed by atoms with van der Waals surface area (Å²) in [6, 6.07) is 0.0997. The topological polar surface area (TPSA) is 61.8 Å². The van der Waals surface area contributed by atoms with E-state index in [9.17, 15) is 4.79 Å². The van der Waals surface area contributed by atoms with Crippen LogP contribution in [0.3, 0.4) is 0 Å². The number of carbonyl (C=O) groups excluding carboxylic acids is 1. The van der Waals surface area contributed by atoms with Gasteiger partial charge in [0.05, 0.1) is 6.61 Å². The van der Waals surface area contributed by atoms with Crippen LogP contribution in [0.5, 0.6) is 0 Å². The van der Waals surface area contributed by atoms with Gasteiger partial charge in [0.1, 0.15) is 5.60 Å². The standard InChI is InChI=1S/C14H30N2O3/c1-6-16(10-11-17)9-7-8-12(2)15-13(18)19-14(3,4)5/h12,17H,6-11H2,1-5H3,(H,15,18)/t12-/m1/s1. The first-order valence-electron chi connectivity index (χ1n) is 7.11. The molecule has 0 aliphatic rings. The van der Waals surface area contributed by atoms with E-state index in [-0.39, 0.29) is 18.7 Å². The predicted octanol–water partition coefficient (Wildman–Crippen LogP) is 1.99. The third kappa shape index (κ3) is 10.8. The summed E-state index contributed by atoms with van der Waals surface area (Å²) in [6.45, 7) is 12.4. The number of carbonyl (C=O) groups is 1. The van der Waals surface area contributed by atoms with Gasteiger partial charge in [-0.25, -0.2) is 4.79 Å². The predicted molar refractivity (Wildman–Crippen MR) is 77.3 cm³/mol. The van der Waals surface area contributed by atoms with Crippen LogP contribution in [0.4, 0.5) is 4.79 Å². The third-order valence-corrected chi connectivity index (χ3v) is 2.74. The van der Waals surface area contributed by atoms with Gasteiger partial charge in [0.25, 0.3) is 0 Å². The van der Waals surface area contributed by atoms with Crippen molar-refractivity contribution in [2.45, 2.75) is 59.1 Å². The maximum absolute atomic E-state index is 11.5. The molecule has 0 aromatic heterocycles. The number of amides is 1. The van der Waals surface area contributed by atoms with Crippen molar-refractivity contribution in [1.82, 2.24) is 10.2 Å². The highest BCUT2D eigenvalue weighted by Crippen LogP contribution is 2.07. The Morgan fingerprint density at radius 2 is 2.00 bits per heavy atom. The van der Waals surface area contributed by atoms with Crippen LogP contribution < -0.4 is 5.32 Å². The quantitative estimate of drug-likeness (QED) is 0.710. The van der Waals surface area contributed by atoms with E-state index in [4.69, 9.17) is 9.84 Å². The molecule has 0 fully saturated rings. The lowest BCUT2D eigenvalue weighted by Gasteiger charge is -2.23. The van der Waals surface area contributed by atoms with Crippen molar-refractivity contribution >= 4 is 6.09 Å². The maximum atomic E-state index is 11.5. The molecule has 5 nitrogen and oxygen atoms in total. The van der Waals surface area contributed by atoms with Gasteiger partial charge in [-0.1, -0.05) is 6.92 Å². The van der Waals surface area contributed by atoms with Crippen molar-refractivity contribution in [2.75, 3.05) is 26.2 Å². The molecule has 0 heterocycles. The van der Waals surface area contributed by atoms with Crippen molar-refractivity contribution in [3.05, 3.63) is 0 Å². The Morgan fingerprint density at radius 3 is 2.47 bits per heavy atom. The lowest BCUT2D eigenvalue weighted by molar-refractivity contribution is 0.0505. The van der Waals surface area contributed by atoms with Gasteiger partial charge in [-0.2, -0.15) is 0 Å². The summed E-state index contributed by atoms with van der Waals surface area (Å²) in [5.74, 6) is 0. The Labute approximate surface area is 117 Å². The fraction of sp³-hybridized carbons (Fsp3) is 0.929. The number of nitrogens with one attached hydrogen (secondary N) is 1. The Kier molecular flexibility index (Phi) is 8.76. The lowest BCUT2D eigenvalue weighted by atomic mass is 10.1. The second-order valence-electron chi connectivity index (χ2n) is 5.85. The molecule has 114 valence electrons. The zero-order valence-electron chi connectivity index (χ0n) is 13.0. The van der Waals surface area contributed by atoms with E-state index in [1.165, 1.54) is 0 Å². The largest absolute Gasteiger partial charge is 0.444 e. The van der Waals surface area contributed by atoms with E-state index in [2.05, 4.69) is 17.1 Å². The average Bonchev–Trinajstić information content (AvgIpc) is 2.24. The fourth-order valence-corrected chi connectivity index (χ4v) is 1.77. The molecular weight excluding hydrogens is 244 g/mol. The number of hydrogen-bond acceptors (Lipinski definition) is 4. The summed E-state index contributed by atoms with van der Waals surface area (Å²) in [5, 5.41) is 11.7. The molecule has 0 saturated carbocycles. The van der Waals surface area contributed by atoms with Gasteiger partial charge in [-0.3, -0.25) is 0 Å². The van der Waals surface area contributed by atoms with Crippen molar-refractivity contribution in [3.8, 4) is 0 Å². The van der Waals surface area contributed by atoms with E-state index in [0.717, 1.165) is 25.9 Å². The number of alkyl carbamates (subject to hydrolysis) is 1. The van der Waals surface area contributed by atoms with Crippen LogP contribution in [0, 0.1) is 0 Å². The minimum absolute atomic E-state index is 0.0997. The van der Waals surface area contributed by atoms with Crippen molar-refractivity contribution in [3.63, 3.8) is 0 Å². The molecule has 19 heavy (non-hydrogen) atoms. The highest BCUT2D eigenvalue weighted by molar-refractivity contribution is 5.67. The highest BCUT2D eigenvalue weighted by atomic mass is 16.6. The van der Waals surface area contributed by atoms with Crippen LogP contribution in [0.2, 0.25) is 0 Å². The number of ether oxygens (including phenoxy) is 1. The van der Waals surface area contributed by atoms with Gasteiger partial charge in [0.15, 0.2) is 0 Å². The maximum Gasteiger partial charge on any atom is 0.407 e. The minimum Gasteiger partial charge on any atom is -0.444 e. The number of hydrogen-bond donors (Lipinski definition) is 2. The monoisotopic (exact) mass is 274 g/mol. The van der Waals surface area contributed by atoms with Crippen LogP contribution in [0.25, 0.3) is 0 Å². The number of likely N-dealkylation sites (N-methyl/N-ethyl adjacent to an activating group) is 1. The molecule has 0 bridgehead atoms. The Morgan fingerprint density at radius 1 is 1.37 bits per heavy atom. The molecule has 1 amide bonds. The van der Waals surface area contributed by atoms with Crippen molar-refractivity contribution < 1.29 is 14.6 Å². The zero-order valence-corrected chi connectivity index (χ0v) is 13.0. The second kappa shape index (κ2) is 9.15. The molecule has 0 rings (SSSR count). The van der Waals surface area contributed by atoms with E-state index in [1.54, 1.807) is 0 Å². The number of rotatable bonds is 8. The molecule has 0 aromatic carbocycles. The molecule has 0 aliphatic carbocycles. The minimum atomic E-state index is -0.454. The summed E-state index contributed by atoms with van der Waals surface area (Å²) in [6.07, 6.45) is 1.54. The van der Waals surface area contributed by atoms with Crippen molar-refractivity contribution in [2.24, 2.45) is 0 Å². The average molecular weight is 274 g/mol. The van der Waals surface area contributed by atoms with Crippen LogP contribution in [0.1, 0.15) is 47.5 Å². The van der Waals surface area contributed by atoms with Gasteiger partial charge in [-0.05, 0) is 53.6 Å². The summed E-state index contributed by atoms with van der Waals surface area (Å²) < 4.78 is 5.20. The molecule has 0 aromatic rings. The molecule has 5 heteroatoms. The van der Waals surface area contributed by atoms with Crippen LogP contribution in [0.15, 0.2) is 0 Å². The zero-order chi connectivity index (χ0) is 14.9. The second-order valence-corrected chi connectivity index (χ2v) is 5.85. The molecule has 0 radical (unpaired) electrons. The van der Waals surface area contributed by atoms with E-state index in [0.29, 0.717) is 6.54 Å². The highest BCUT2D eigenvalue weighted by Gasteiger charge is 2.17. The van der Waals surface area contributed by atoms with Crippen LogP contribution >= 0.6 is 0 Å². The van der Waals surface area contributed by atoms with Gasteiger partial charge >= 0.3 is 6.09 Å². The van der Waals surface area contributed by atoms with Gasteiger partial charge in [0, 0.05) is 12.6 Å². The molecular formula is C14H30N2O3. The molecule has 2 N–H and O–H groups in total. The van der Waals surface area contributed by atoms with Crippen LogP contribution in [-0.2, 0) is 4.74 Å². The summed E-state index contributed by atoms with van der Waals surface area (Å²) in [7, 11) is 0. The first-order chi connectivity index (χ1) is 8.78. The number of aliphatic hydroxyl groups excluding tert-OH is 1. The number of aliphatic hydroxyl groups is 1. The van der Waals surface area contributed by atoms with Crippen LogP contribution in [-0.4, -0.2) is 54.0 Å². The lowest BCUT2D eigenvalue weighted by Crippen LogP contribution is -2.38. The first-order valence-corrected chi connectivity index (χ1v) is 7.11. The molecule has 0 aliphatic heterocycles. The third-order valence-electron chi connectivity index (χ3n) is 2.74. The summed E-state index contributed by atoms with van der Waals surface area (Å²) in [4.78, 5) is 13.7. The molecule has 0 spiro atoms. The summed E-state index contributed by atoms with van der Waals surface area (Å²) in [5.41, 5.74) is -0.454.